The smallest absolute Gasteiger partial charge is 0.312 e. The molecule has 0 saturated heterocycles. The number of esters is 2. The summed E-state index contributed by atoms with van der Waals surface area (Å²) in [5.41, 5.74) is 1.27. The van der Waals surface area contributed by atoms with Crippen LogP contribution in [0, 0.1) is 50.2 Å². The molecule has 0 bridgehead atoms. The van der Waals surface area contributed by atoms with Gasteiger partial charge >= 0.3 is 11.9 Å². The summed E-state index contributed by atoms with van der Waals surface area (Å²) in [6.07, 6.45) is 14.3. The molecule has 5 aliphatic rings. The SMILES string of the molecule is CC(=O)OC1CCC2(C)C(CCC3(C)C2C(=O)C=C2C4CC(C)(C(=O)OC/C=C/c5ccccc5)CCC4(C)CCC23C)C1(C)C. The van der Waals surface area contributed by atoms with E-state index in [1.807, 2.05) is 42.5 Å². The van der Waals surface area contributed by atoms with Crippen LogP contribution in [0.1, 0.15) is 119 Å². The first-order chi connectivity index (χ1) is 21.5. The predicted octanol–water partition coefficient (Wildman–Crippen LogP) is 9.16. The molecule has 6 rings (SSSR count). The summed E-state index contributed by atoms with van der Waals surface area (Å²) in [6.45, 7) is 18.0. The van der Waals surface area contributed by atoms with E-state index in [1.165, 1.54) is 12.5 Å². The van der Waals surface area contributed by atoms with Gasteiger partial charge in [-0.3, -0.25) is 14.4 Å². The zero-order valence-electron chi connectivity index (χ0n) is 29.5. The van der Waals surface area contributed by atoms with Gasteiger partial charge in [0.2, 0.25) is 0 Å². The molecular weight excluding hydrogens is 572 g/mol. The molecule has 9 unspecified atom stereocenters. The number of rotatable bonds is 5. The molecule has 0 aromatic heterocycles. The lowest BCUT2D eigenvalue weighted by Gasteiger charge is -2.70. The van der Waals surface area contributed by atoms with Crippen molar-refractivity contribution in [2.24, 2.45) is 50.2 Å². The molecule has 4 fully saturated rings. The van der Waals surface area contributed by atoms with Crippen LogP contribution in [0.25, 0.3) is 6.08 Å². The van der Waals surface area contributed by atoms with Gasteiger partial charge in [0.1, 0.15) is 12.7 Å². The highest BCUT2D eigenvalue weighted by molar-refractivity contribution is 5.95. The van der Waals surface area contributed by atoms with Crippen molar-refractivity contribution < 1.29 is 23.9 Å². The van der Waals surface area contributed by atoms with Crippen LogP contribution >= 0.6 is 0 Å². The Morgan fingerprint density at radius 1 is 0.891 bits per heavy atom. The average Bonchev–Trinajstić information content (AvgIpc) is 2.99. The maximum absolute atomic E-state index is 14.7. The Morgan fingerprint density at radius 2 is 1.59 bits per heavy atom. The van der Waals surface area contributed by atoms with Crippen molar-refractivity contribution in [3.05, 3.63) is 53.6 Å². The Labute approximate surface area is 277 Å². The van der Waals surface area contributed by atoms with Crippen molar-refractivity contribution in [3.63, 3.8) is 0 Å². The number of hydrogen-bond acceptors (Lipinski definition) is 5. The fourth-order valence-corrected chi connectivity index (χ4v) is 11.8. The molecule has 4 saturated carbocycles. The highest BCUT2D eigenvalue weighted by Gasteiger charge is 2.70. The lowest BCUT2D eigenvalue weighted by Crippen LogP contribution is -2.66. The van der Waals surface area contributed by atoms with E-state index >= 15 is 0 Å². The largest absolute Gasteiger partial charge is 0.462 e. The Morgan fingerprint density at radius 3 is 2.28 bits per heavy atom. The van der Waals surface area contributed by atoms with Crippen LogP contribution in [0.5, 0.6) is 0 Å². The Hall–Kier alpha value is -2.69. The first kappa shape index (κ1) is 33.2. The second-order valence-electron chi connectivity index (χ2n) is 17.6. The molecule has 9 atom stereocenters. The van der Waals surface area contributed by atoms with E-state index in [2.05, 4.69) is 54.5 Å². The van der Waals surface area contributed by atoms with Gasteiger partial charge in [0, 0.05) is 18.3 Å². The summed E-state index contributed by atoms with van der Waals surface area (Å²) in [7, 11) is 0. The minimum absolute atomic E-state index is 0.0641. The fraction of sp³-hybridized carbons (Fsp3) is 0.683. The van der Waals surface area contributed by atoms with Crippen LogP contribution in [0.2, 0.25) is 0 Å². The highest BCUT2D eigenvalue weighted by Crippen LogP contribution is 2.75. The second kappa shape index (κ2) is 11.2. The van der Waals surface area contributed by atoms with Crippen LogP contribution in [-0.2, 0) is 23.9 Å². The van der Waals surface area contributed by atoms with Gasteiger partial charge < -0.3 is 9.47 Å². The third-order valence-corrected chi connectivity index (χ3v) is 14.7. The second-order valence-corrected chi connectivity index (χ2v) is 17.6. The number of carbonyl (C=O) groups excluding carboxylic acids is 3. The molecule has 5 heteroatoms. The molecular formula is C41H56O5. The summed E-state index contributed by atoms with van der Waals surface area (Å²) in [4.78, 5) is 40.4. The zero-order chi connectivity index (χ0) is 33.3. The third kappa shape index (κ3) is 4.96. The minimum Gasteiger partial charge on any atom is -0.462 e. The molecule has 0 N–H and O–H groups in total. The summed E-state index contributed by atoms with van der Waals surface area (Å²) in [6, 6.07) is 10.1. The number of carbonyl (C=O) groups is 3. The molecule has 250 valence electrons. The third-order valence-electron chi connectivity index (χ3n) is 14.7. The Kier molecular flexibility index (Phi) is 8.08. The van der Waals surface area contributed by atoms with E-state index in [0.717, 1.165) is 63.4 Å². The molecule has 0 spiro atoms. The average molecular weight is 629 g/mol. The molecule has 1 aromatic carbocycles. The zero-order valence-corrected chi connectivity index (χ0v) is 29.5. The summed E-state index contributed by atoms with van der Waals surface area (Å²) >= 11 is 0. The van der Waals surface area contributed by atoms with E-state index in [0.29, 0.717) is 5.92 Å². The lowest BCUT2D eigenvalue weighted by atomic mass is 9.33. The van der Waals surface area contributed by atoms with Crippen molar-refractivity contribution in [2.45, 2.75) is 119 Å². The molecule has 5 nitrogen and oxygen atoms in total. The maximum atomic E-state index is 14.7. The quantitative estimate of drug-likeness (QED) is 0.304. The molecule has 46 heavy (non-hydrogen) atoms. The summed E-state index contributed by atoms with van der Waals surface area (Å²) < 4.78 is 11.8. The van der Waals surface area contributed by atoms with Crippen LogP contribution in [0.3, 0.4) is 0 Å². The van der Waals surface area contributed by atoms with Crippen molar-refractivity contribution in [1.29, 1.82) is 0 Å². The van der Waals surface area contributed by atoms with E-state index in [9.17, 15) is 14.4 Å². The summed E-state index contributed by atoms with van der Waals surface area (Å²) in [5.74, 6) is 0.372. The molecule has 0 radical (unpaired) electrons. The number of ketones is 1. The number of ether oxygens (including phenoxy) is 2. The van der Waals surface area contributed by atoms with Crippen LogP contribution in [0.4, 0.5) is 0 Å². The summed E-state index contributed by atoms with van der Waals surface area (Å²) in [5, 5.41) is 0. The first-order valence-electron chi connectivity index (χ1n) is 17.8. The van der Waals surface area contributed by atoms with E-state index in [-0.39, 0.29) is 69.3 Å². The van der Waals surface area contributed by atoms with Gasteiger partial charge in [-0.05, 0) is 116 Å². The topological polar surface area (TPSA) is 69.7 Å². The van der Waals surface area contributed by atoms with Gasteiger partial charge in [-0.15, -0.1) is 0 Å². The lowest BCUT2D eigenvalue weighted by molar-refractivity contribution is -0.210. The van der Waals surface area contributed by atoms with E-state index in [4.69, 9.17) is 9.47 Å². The maximum Gasteiger partial charge on any atom is 0.312 e. The van der Waals surface area contributed by atoms with Gasteiger partial charge in [-0.2, -0.15) is 0 Å². The van der Waals surface area contributed by atoms with Gasteiger partial charge in [-0.1, -0.05) is 83.5 Å². The number of fused-ring (bicyclic) bond motifs is 7. The van der Waals surface area contributed by atoms with Crippen LogP contribution in [-0.4, -0.2) is 30.4 Å². The predicted molar refractivity (Wildman–Crippen MR) is 181 cm³/mol. The first-order valence-corrected chi connectivity index (χ1v) is 17.8. The highest BCUT2D eigenvalue weighted by atomic mass is 16.5. The van der Waals surface area contributed by atoms with E-state index < -0.39 is 5.41 Å². The normalized spacial score (nSPS) is 43.0. The number of allylic oxidation sites excluding steroid dienone is 2. The molecule has 0 aliphatic heterocycles. The standard InChI is InChI=1S/C41H56O5/c1-27(42)46-33-17-18-39(6)32(36(33,2)3)16-19-41(8)34(39)31(43)25-29-30-26-38(5,21-20-37(30,4)22-23-40(29,41)7)35(44)45-24-12-15-28-13-10-9-11-14-28/h9-15,25,30,32-34H,16-24,26H2,1-8H3/b15-12+. The van der Waals surface area contributed by atoms with E-state index in [1.54, 1.807) is 0 Å². The minimum atomic E-state index is -0.576. The molecule has 0 heterocycles. The van der Waals surface area contributed by atoms with Gasteiger partial charge in [-0.25, -0.2) is 0 Å². The van der Waals surface area contributed by atoms with Gasteiger partial charge in [0.25, 0.3) is 0 Å². The van der Waals surface area contributed by atoms with Crippen molar-refractivity contribution in [1.82, 2.24) is 0 Å². The van der Waals surface area contributed by atoms with Crippen LogP contribution < -0.4 is 0 Å². The number of hydrogen-bond donors (Lipinski definition) is 0. The Balaban J connectivity index is 1.28. The van der Waals surface area contributed by atoms with Crippen molar-refractivity contribution >= 4 is 23.8 Å². The molecule has 1 aromatic rings. The molecule has 0 amide bonds. The van der Waals surface area contributed by atoms with Crippen LogP contribution in [0.15, 0.2) is 48.1 Å². The number of benzene rings is 1. The van der Waals surface area contributed by atoms with Gasteiger partial charge in [0.05, 0.1) is 5.41 Å². The van der Waals surface area contributed by atoms with Crippen molar-refractivity contribution in [2.75, 3.05) is 6.61 Å². The fourth-order valence-electron chi connectivity index (χ4n) is 11.8. The Bertz CT molecular complexity index is 1460. The monoisotopic (exact) mass is 628 g/mol. The van der Waals surface area contributed by atoms with Crippen molar-refractivity contribution in [3.8, 4) is 0 Å². The van der Waals surface area contributed by atoms with Gasteiger partial charge in [0.15, 0.2) is 5.78 Å². The molecule has 5 aliphatic carbocycles.